The van der Waals surface area contributed by atoms with Crippen LogP contribution in [0.4, 0.5) is 0 Å². The van der Waals surface area contributed by atoms with Gasteiger partial charge in [0.05, 0.1) is 31.9 Å². The Balaban J connectivity index is 2.20. The average molecular weight is 353 g/mol. The van der Waals surface area contributed by atoms with Crippen molar-refractivity contribution in [3.05, 3.63) is 34.3 Å². The first-order chi connectivity index (χ1) is 11.1. The van der Waals surface area contributed by atoms with Crippen molar-refractivity contribution in [3.63, 3.8) is 0 Å². The first kappa shape index (κ1) is 15.8. The fourth-order valence-corrected chi connectivity index (χ4v) is 2.93. The van der Waals surface area contributed by atoms with Crippen LogP contribution < -0.4 is 14.2 Å². The minimum Gasteiger partial charge on any atom is -0.493 e. The maximum absolute atomic E-state index is 6.19. The van der Waals surface area contributed by atoms with Crippen LogP contribution in [0.15, 0.2) is 24.3 Å². The van der Waals surface area contributed by atoms with Gasteiger partial charge in [0.25, 0.3) is 0 Å². The zero-order valence-corrected chi connectivity index (χ0v) is 14.2. The van der Waals surface area contributed by atoms with Crippen LogP contribution in [-0.4, -0.2) is 31.3 Å². The number of imidazole rings is 1. The third-order valence-corrected chi connectivity index (χ3v) is 3.95. The lowest BCUT2D eigenvalue weighted by molar-refractivity contribution is 0.324. The van der Waals surface area contributed by atoms with Gasteiger partial charge in [0.1, 0.15) is 11.3 Å². The molecule has 0 aliphatic rings. The monoisotopic (exact) mass is 352 g/mol. The summed E-state index contributed by atoms with van der Waals surface area (Å²) in [6.45, 7) is 0. The Morgan fingerprint density at radius 2 is 1.57 bits per heavy atom. The van der Waals surface area contributed by atoms with Crippen molar-refractivity contribution >= 4 is 34.2 Å². The molecule has 0 unspecified atom stereocenters. The normalized spacial score (nSPS) is 10.8. The molecule has 120 valence electrons. The van der Waals surface area contributed by atoms with Crippen molar-refractivity contribution < 1.29 is 14.2 Å². The third kappa shape index (κ3) is 2.78. The standard InChI is InChI=1S/C16H14Cl2N2O3/c1-21-12-4-8(5-13(22-2)15(12)23-3)16-19-11-7-9(17)6-10(18)14(11)20-16/h4-7H,1-3H3,(H,19,20). The molecule has 0 saturated carbocycles. The summed E-state index contributed by atoms with van der Waals surface area (Å²) in [6, 6.07) is 7.06. The summed E-state index contributed by atoms with van der Waals surface area (Å²) < 4.78 is 16.1. The molecule has 2 aromatic carbocycles. The second kappa shape index (κ2) is 6.18. The summed E-state index contributed by atoms with van der Waals surface area (Å²) in [6.07, 6.45) is 0. The molecule has 0 bridgehead atoms. The van der Waals surface area contributed by atoms with E-state index >= 15 is 0 Å². The van der Waals surface area contributed by atoms with Gasteiger partial charge < -0.3 is 19.2 Å². The van der Waals surface area contributed by atoms with Crippen molar-refractivity contribution in [1.29, 1.82) is 0 Å². The Morgan fingerprint density at radius 3 is 2.13 bits per heavy atom. The van der Waals surface area contributed by atoms with Gasteiger partial charge in [-0.3, -0.25) is 0 Å². The number of H-pyrrole nitrogens is 1. The molecule has 1 N–H and O–H groups in total. The summed E-state index contributed by atoms with van der Waals surface area (Å²) >= 11 is 12.2. The molecule has 0 aliphatic carbocycles. The number of benzene rings is 2. The van der Waals surface area contributed by atoms with Crippen LogP contribution >= 0.6 is 23.2 Å². The van der Waals surface area contributed by atoms with Crippen LogP contribution in [0.25, 0.3) is 22.4 Å². The number of nitrogens with one attached hydrogen (secondary N) is 1. The quantitative estimate of drug-likeness (QED) is 0.747. The van der Waals surface area contributed by atoms with Crippen LogP contribution in [0, 0.1) is 0 Å². The Bertz CT molecular complexity index is 852. The molecule has 7 heteroatoms. The summed E-state index contributed by atoms with van der Waals surface area (Å²) in [4.78, 5) is 7.73. The second-order valence-corrected chi connectivity index (χ2v) is 5.63. The van der Waals surface area contributed by atoms with Gasteiger partial charge in [-0.25, -0.2) is 4.98 Å². The van der Waals surface area contributed by atoms with Crippen LogP contribution in [0.5, 0.6) is 17.2 Å². The van der Waals surface area contributed by atoms with E-state index in [1.54, 1.807) is 33.5 Å². The number of halogens is 2. The second-order valence-electron chi connectivity index (χ2n) is 4.78. The Hall–Kier alpha value is -2.11. The highest BCUT2D eigenvalue weighted by atomic mass is 35.5. The molecular formula is C16H14Cl2N2O3. The molecule has 1 heterocycles. The minimum absolute atomic E-state index is 0.488. The Kier molecular flexibility index (Phi) is 4.24. The van der Waals surface area contributed by atoms with E-state index in [9.17, 15) is 0 Å². The van der Waals surface area contributed by atoms with Crippen molar-refractivity contribution in [2.45, 2.75) is 0 Å². The zero-order valence-electron chi connectivity index (χ0n) is 12.7. The fraction of sp³-hybridized carbons (Fsp3) is 0.188. The van der Waals surface area contributed by atoms with E-state index in [1.807, 2.05) is 12.1 Å². The fourth-order valence-electron chi connectivity index (χ4n) is 2.40. The smallest absolute Gasteiger partial charge is 0.203 e. The van der Waals surface area contributed by atoms with Crippen LogP contribution in [-0.2, 0) is 0 Å². The molecule has 3 rings (SSSR count). The first-order valence-electron chi connectivity index (χ1n) is 6.72. The van der Waals surface area contributed by atoms with Gasteiger partial charge in [0, 0.05) is 10.6 Å². The molecule has 0 amide bonds. The molecule has 0 aliphatic heterocycles. The molecule has 0 saturated heterocycles. The SMILES string of the molecule is COc1cc(-c2nc3c(Cl)cc(Cl)cc3[nH]2)cc(OC)c1OC. The van der Waals surface area contributed by atoms with Crippen molar-refractivity contribution in [2.75, 3.05) is 21.3 Å². The van der Waals surface area contributed by atoms with E-state index in [0.29, 0.717) is 38.6 Å². The number of methoxy groups -OCH3 is 3. The highest BCUT2D eigenvalue weighted by Gasteiger charge is 2.16. The van der Waals surface area contributed by atoms with E-state index in [2.05, 4.69) is 9.97 Å². The summed E-state index contributed by atoms with van der Waals surface area (Å²) in [5.74, 6) is 2.25. The molecule has 1 aromatic heterocycles. The maximum atomic E-state index is 6.19. The molecule has 23 heavy (non-hydrogen) atoms. The molecule has 3 aromatic rings. The predicted molar refractivity (Wildman–Crippen MR) is 91.2 cm³/mol. The Morgan fingerprint density at radius 1 is 0.913 bits per heavy atom. The van der Waals surface area contributed by atoms with Gasteiger partial charge >= 0.3 is 0 Å². The van der Waals surface area contributed by atoms with E-state index in [0.717, 1.165) is 11.1 Å². The lowest BCUT2D eigenvalue weighted by atomic mass is 10.1. The Labute approximate surface area is 143 Å². The number of aromatic amines is 1. The number of ether oxygens (including phenoxy) is 3. The van der Waals surface area contributed by atoms with Gasteiger partial charge in [-0.05, 0) is 24.3 Å². The number of aromatic nitrogens is 2. The number of nitrogens with zero attached hydrogens (tertiary/aromatic N) is 1. The largest absolute Gasteiger partial charge is 0.493 e. The summed E-state index contributed by atoms with van der Waals surface area (Å²) in [7, 11) is 4.69. The minimum atomic E-state index is 0.488. The zero-order chi connectivity index (χ0) is 16.6. The highest BCUT2D eigenvalue weighted by molar-refractivity contribution is 6.38. The third-order valence-electron chi connectivity index (χ3n) is 3.44. The van der Waals surface area contributed by atoms with E-state index in [-0.39, 0.29) is 0 Å². The molecule has 0 atom stereocenters. The van der Waals surface area contributed by atoms with E-state index < -0.39 is 0 Å². The number of hydrogen-bond donors (Lipinski definition) is 1. The molecular weight excluding hydrogens is 339 g/mol. The van der Waals surface area contributed by atoms with Crippen molar-refractivity contribution in [3.8, 4) is 28.6 Å². The van der Waals surface area contributed by atoms with Crippen LogP contribution in [0.1, 0.15) is 0 Å². The van der Waals surface area contributed by atoms with E-state index in [4.69, 9.17) is 37.4 Å². The first-order valence-corrected chi connectivity index (χ1v) is 7.48. The highest BCUT2D eigenvalue weighted by Crippen LogP contribution is 2.41. The van der Waals surface area contributed by atoms with Crippen molar-refractivity contribution in [1.82, 2.24) is 9.97 Å². The molecule has 0 radical (unpaired) electrons. The molecule has 5 nitrogen and oxygen atoms in total. The number of rotatable bonds is 4. The lowest BCUT2D eigenvalue weighted by Crippen LogP contribution is -1.96. The van der Waals surface area contributed by atoms with Gasteiger partial charge in [0.2, 0.25) is 5.75 Å². The summed E-state index contributed by atoms with van der Waals surface area (Å²) in [5.41, 5.74) is 2.19. The van der Waals surface area contributed by atoms with Gasteiger partial charge in [0.15, 0.2) is 11.5 Å². The van der Waals surface area contributed by atoms with Gasteiger partial charge in [-0.2, -0.15) is 0 Å². The number of hydrogen-bond acceptors (Lipinski definition) is 4. The topological polar surface area (TPSA) is 56.4 Å². The molecule has 0 fully saturated rings. The van der Waals surface area contributed by atoms with Crippen LogP contribution in [0.3, 0.4) is 0 Å². The predicted octanol–water partition coefficient (Wildman–Crippen LogP) is 4.56. The van der Waals surface area contributed by atoms with Crippen molar-refractivity contribution in [2.24, 2.45) is 0 Å². The molecule has 0 spiro atoms. The van der Waals surface area contributed by atoms with Crippen LogP contribution in [0.2, 0.25) is 10.0 Å². The van der Waals surface area contributed by atoms with Gasteiger partial charge in [-0.15, -0.1) is 0 Å². The van der Waals surface area contributed by atoms with Gasteiger partial charge in [-0.1, -0.05) is 23.2 Å². The maximum Gasteiger partial charge on any atom is 0.203 e. The lowest BCUT2D eigenvalue weighted by Gasteiger charge is -2.13. The number of fused-ring (bicyclic) bond motifs is 1. The average Bonchev–Trinajstić information content (AvgIpc) is 2.97. The summed E-state index contributed by atoms with van der Waals surface area (Å²) in [5, 5.41) is 1.03. The van der Waals surface area contributed by atoms with E-state index in [1.165, 1.54) is 0 Å².